The van der Waals surface area contributed by atoms with Gasteiger partial charge in [0.2, 0.25) is 0 Å². The topological polar surface area (TPSA) is 47.3 Å². The van der Waals surface area contributed by atoms with Crippen LogP contribution in [0.2, 0.25) is 0 Å². The first-order chi connectivity index (χ1) is 7.27. The Balaban J connectivity index is 1.91. The number of hydrogen-bond donors (Lipinski definition) is 1. The van der Waals surface area contributed by atoms with E-state index in [1.165, 1.54) is 0 Å². The van der Waals surface area contributed by atoms with Crippen molar-refractivity contribution in [3.05, 3.63) is 18.2 Å². The molecule has 0 aliphatic carbocycles. The Labute approximate surface area is 89.9 Å². The van der Waals surface area contributed by atoms with E-state index in [9.17, 15) is 5.11 Å². The SMILES string of the molecule is Cn1cncc1C(O)CC1CCOCC1. The molecule has 84 valence electrons. The fourth-order valence-corrected chi connectivity index (χ4v) is 2.11. The Hall–Kier alpha value is -0.870. The highest BCUT2D eigenvalue weighted by atomic mass is 16.5. The second kappa shape index (κ2) is 4.77. The fourth-order valence-electron chi connectivity index (χ4n) is 2.11. The minimum absolute atomic E-state index is 0.388. The molecule has 1 aromatic heterocycles. The number of imidazole rings is 1. The molecule has 0 bridgehead atoms. The molecule has 1 aromatic rings. The first-order valence-corrected chi connectivity index (χ1v) is 5.49. The lowest BCUT2D eigenvalue weighted by Gasteiger charge is -2.24. The van der Waals surface area contributed by atoms with Crippen molar-refractivity contribution < 1.29 is 9.84 Å². The third-order valence-electron chi connectivity index (χ3n) is 3.09. The van der Waals surface area contributed by atoms with Crippen LogP contribution in [-0.4, -0.2) is 27.9 Å². The molecular formula is C11H18N2O2. The number of ether oxygens (including phenoxy) is 1. The molecule has 1 atom stereocenters. The zero-order chi connectivity index (χ0) is 10.7. The normalized spacial score (nSPS) is 20.4. The average molecular weight is 210 g/mol. The minimum atomic E-state index is -0.388. The van der Waals surface area contributed by atoms with Gasteiger partial charge in [0.25, 0.3) is 0 Å². The van der Waals surface area contributed by atoms with Gasteiger partial charge in [0, 0.05) is 20.3 Å². The molecule has 0 amide bonds. The Morgan fingerprint density at radius 3 is 2.93 bits per heavy atom. The van der Waals surface area contributed by atoms with Gasteiger partial charge in [-0.2, -0.15) is 0 Å². The van der Waals surface area contributed by atoms with Crippen molar-refractivity contribution in [1.29, 1.82) is 0 Å². The standard InChI is InChI=1S/C11H18N2O2/c1-13-8-12-7-10(13)11(14)6-9-2-4-15-5-3-9/h7-9,11,14H,2-6H2,1H3. The first-order valence-electron chi connectivity index (χ1n) is 5.49. The Morgan fingerprint density at radius 1 is 1.60 bits per heavy atom. The lowest BCUT2D eigenvalue weighted by molar-refractivity contribution is 0.0421. The molecule has 1 saturated heterocycles. The van der Waals surface area contributed by atoms with Gasteiger partial charge in [0.1, 0.15) is 0 Å². The molecule has 2 rings (SSSR count). The van der Waals surface area contributed by atoms with Crippen molar-refractivity contribution in [3.8, 4) is 0 Å². The molecule has 2 heterocycles. The monoisotopic (exact) mass is 210 g/mol. The lowest BCUT2D eigenvalue weighted by Crippen LogP contribution is -2.18. The number of aryl methyl sites for hydroxylation is 1. The van der Waals surface area contributed by atoms with E-state index in [0.29, 0.717) is 5.92 Å². The van der Waals surface area contributed by atoms with Crippen molar-refractivity contribution >= 4 is 0 Å². The summed E-state index contributed by atoms with van der Waals surface area (Å²) >= 11 is 0. The van der Waals surface area contributed by atoms with Crippen LogP contribution in [0.4, 0.5) is 0 Å². The van der Waals surface area contributed by atoms with Gasteiger partial charge in [-0.1, -0.05) is 0 Å². The lowest BCUT2D eigenvalue weighted by atomic mass is 9.93. The summed E-state index contributed by atoms with van der Waals surface area (Å²) in [6.45, 7) is 1.67. The number of hydrogen-bond acceptors (Lipinski definition) is 3. The minimum Gasteiger partial charge on any atom is -0.387 e. The third-order valence-corrected chi connectivity index (χ3v) is 3.09. The highest BCUT2D eigenvalue weighted by Gasteiger charge is 2.20. The van der Waals surface area contributed by atoms with Gasteiger partial charge in [-0.15, -0.1) is 0 Å². The molecule has 0 aromatic carbocycles. The molecule has 0 saturated carbocycles. The summed E-state index contributed by atoms with van der Waals surface area (Å²) in [5.74, 6) is 0.587. The van der Waals surface area contributed by atoms with Gasteiger partial charge in [0.15, 0.2) is 0 Å². The highest BCUT2D eigenvalue weighted by molar-refractivity contribution is 5.02. The van der Waals surface area contributed by atoms with E-state index in [2.05, 4.69) is 4.98 Å². The Bertz CT molecular complexity index is 305. The zero-order valence-electron chi connectivity index (χ0n) is 9.09. The van der Waals surface area contributed by atoms with E-state index in [-0.39, 0.29) is 6.10 Å². The van der Waals surface area contributed by atoms with Gasteiger partial charge >= 0.3 is 0 Å². The largest absolute Gasteiger partial charge is 0.387 e. The van der Waals surface area contributed by atoms with Crippen LogP contribution in [-0.2, 0) is 11.8 Å². The second-order valence-electron chi connectivity index (χ2n) is 4.24. The summed E-state index contributed by atoms with van der Waals surface area (Å²) in [4.78, 5) is 4.01. The number of rotatable bonds is 3. The fraction of sp³-hybridized carbons (Fsp3) is 0.727. The van der Waals surface area contributed by atoms with Crippen molar-refractivity contribution in [2.24, 2.45) is 13.0 Å². The number of aliphatic hydroxyl groups excluding tert-OH is 1. The smallest absolute Gasteiger partial charge is 0.0958 e. The molecule has 4 heteroatoms. The van der Waals surface area contributed by atoms with Gasteiger partial charge in [-0.3, -0.25) is 0 Å². The molecule has 15 heavy (non-hydrogen) atoms. The summed E-state index contributed by atoms with van der Waals surface area (Å²) in [5, 5.41) is 10.0. The quantitative estimate of drug-likeness (QED) is 0.817. The molecule has 1 aliphatic heterocycles. The zero-order valence-corrected chi connectivity index (χ0v) is 9.09. The number of aliphatic hydroxyl groups is 1. The van der Waals surface area contributed by atoms with Gasteiger partial charge in [-0.25, -0.2) is 4.98 Å². The highest BCUT2D eigenvalue weighted by Crippen LogP contribution is 2.26. The van der Waals surface area contributed by atoms with Crippen LogP contribution in [0.1, 0.15) is 31.1 Å². The van der Waals surface area contributed by atoms with Gasteiger partial charge in [-0.05, 0) is 25.2 Å². The Kier molecular flexibility index (Phi) is 3.38. The maximum absolute atomic E-state index is 10.0. The summed E-state index contributed by atoms with van der Waals surface area (Å²) in [6.07, 6.45) is 6.03. The van der Waals surface area contributed by atoms with Crippen LogP contribution in [0.5, 0.6) is 0 Å². The van der Waals surface area contributed by atoms with Crippen LogP contribution in [0.25, 0.3) is 0 Å². The molecule has 0 radical (unpaired) electrons. The van der Waals surface area contributed by atoms with Crippen LogP contribution in [0.3, 0.4) is 0 Å². The van der Waals surface area contributed by atoms with E-state index >= 15 is 0 Å². The molecule has 0 spiro atoms. The second-order valence-corrected chi connectivity index (χ2v) is 4.24. The first kappa shape index (κ1) is 10.6. The third kappa shape index (κ3) is 2.58. The van der Waals surface area contributed by atoms with E-state index in [0.717, 1.165) is 38.2 Å². The van der Waals surface area contributed by atoms with Gasteiger partial charge < -0.3 is 14.4 Å². The molecule has 4 nitrogen and oxygen atoms in total. The Morgan fingerprint density at radius 2 is 2.33 bits per heavy atom. The average Bonchev–Trinajstić information content (AvgIpc) is 2.66. The molecule has 1 aliphatic rings. The molecule has 1 fully saturated rings. The van der Waals surface area contributed by atoms with E-state index < -0.39 is 0 Å². The van der Waals surface area contributed by atoms with E-state index in [4.69, 9.17) is 4.74 Å². The van der Waals surface area contributed by atoms with Crippen molar-refractivity contribution in [1.82, 2.24) is 9.55 Å². The van der Waals surface area contributed by atoms with Crippen LogP contribution < -0.4 is 0 Å². The predicted molar refractivity (Wildman–Crippen MR) is 56.3 cm³/mol. The van der Waals surface area contributed by atoms with Crippen LogP contribution in [0, 0.1) is 5.92 Å². The predicted octanol–water partition coefficient (Wildman–Crippen LogP) is 1.27. The number of nitrogens with zero attached hydrogens (tertiary/aromatic N) is 2. The molecule has 1 unspecified atom stereocenters. The summed E-state index contributed by atoms with van der Waals surface area (Å²) in [5.41, 5.74) is 0.904. The maximum Gasteiger partial charge on any atom is 0.0958 e. The van der Waals surface area contributed by atoms with Gasteiger partial charge in [0.05, 0.1) is 24.3 Å². The van der Waals surface area contributed by atoms with Crippen LogP contribution >= 0.6 is 0 Å². The molecule has 1 N–H and O–H groups in total. The van der Waals surface area contributed by atoms with E-state index in [1.54, 1.807) is 12.5 Å². The van der Waals surface area contributed by atoms with E-state index in [1.807, 2.05) is 11.6 Å². The van der Waals surface area contributed by atoms with Crippen molar-refractivity contribution in [2.75, 3.05) is 13.2 Å². The summed E-state index contributed by atoms with van der Waals surface area (Å²) in [6, 6.07) is 0. The summed E-state index contributed by atoms with van der Waals surface area (Å²) < 4.78 is 7.18. The summed E-state index contributed by atoms with van der Waals surface area (Å²) in [7, 11) is 1.91. The van der Waals surface area contributed by atoms with Crippen LogP contribution in [0.15, 0.2) is 12.5 Å². The molecular weight excluding hydrogens is 192 g/mol. The van der Waals surface area contributed by atoms with Crippen molar-refractivity contribution in [3.63, 3.8) is 0 Å². The number of aromatic nitrogens is 2. The maximum atomic E-state index is 10.0. The van der Waals surface area contributed by atoms with Crippen molar-refractivity contribution in [2.45, 2.75) is 25.4 Å².